The van der Waals surface area contributed by atoms with Gasteiger partial charge in [-0.05, 0) is 42.8 Å². The SMILES string of the molecule is Cc1cccc(/C=C/C(=O)OCC(=O)c2ccc(NC(=O)C(C)C)cc2)c1. The number of hydrogen-bond acceptors (Lipinski definition) is 4. The van der Waals surface area contributed by atoms with Crippen molar-refractivity contribution in [2.45, 2.75) is 20.8 Å². The second-order valence-corrected chi connectivity index (χ2v) is 6.50. The summed E-state index contributed by atoms with van der Waals surface area (Å²) in [4.78, 5) is 35.5. The molecule has 0 unspecified atom stereocenters. The van der Waals surface area contributed by atoms with Gasteiger partial charge in [-0.1, -0.05) is 43.7 Å². The highest BCUT2D eigenvalue weighted by molar-refractivity contribution is 5.99. The zero-order valence-corrected chi connectivity index (χ0v) is 15.7. The molecule has 0 heterocycles. The Balaban J connectivity index is 1.86. The third-order valence-electron chi connectivity index (χ3n) is 3.80. The van der Waals surface area contributed by atoms with Crippen molar-refractivity contribution in [2.75, 3.05) is 11.9 Å². The molecule has 0 saturated carbocycles. The summed E-state index contributed by atoms with van der Waals surface area (Å²) in [6, 6.07) is 14.2. The first-order valence-electron chi connectivity index (χ1n) is 8.71. The predicted octanol–water partition coefficient (Wildman–Crippen LogP) is 4.03. The van der Waals surface area contributed by atoms with Gasteiger partial charge < -0.3 is 10.1 Å². The van der Waals surface area contributed by atoms with Crippen LogP contribution in [0.25, 0.3) is 6.08 Å². The first-order valence-corrected chi connectivity index (χ1v) is 8.71. The van der Waals surface area contributed by atoms with Crippen molar-refractivity contribution < 1.29 is 19.1 Å². The minimum absolute atomic E-state index is 0.0941. The highest BCUT2D eigenvalue weighted by Crippen LogP contribution is 2.12. The number of rotatable bonds is 7. The van der Waals surface area contributed by atoms with Crippen LogP contribution in [0.3, 0.4) is 0 Å². The molecule has 0 aliphatic carbocycles. The molecule has 0 saturated heterocycles. The van der Waals surface area contributed by atoms with E-state index in [-0.39, 0.29) is 24.2 Å². The quantitative estimate of drug-likeness (QED) is 0.457. The molecule has 1 N–H and O–H groups in total. The molecular formula is C22H23NO4. The van der Waals surface area contributed by atoms with Crippen LogP contribution in [0.5, 0.6) is 0 Å². The topological polar surface area (TPSA) is 72.5 Å². The van der Waals surface area contributed by atoms with Crippen LogP contribution >= 0.6 is 0 Å². The fourth-order valence-electron chi connectivity index (χ4n) is 2.23. The number of carbonyl (C=O) groups is 3. The van der Waals surface area contributed by atoms with Gasteiger partial charge in [0, 0.05) is 23.2 Å². The summed E-state index contributed by atoms with van der Waals surface area (Å²) in [6.45, 7) is 5.23. The van der Waals surface area contributed by atoms with Crippen molar-refractivity contribution >= 4 is 29.4 Å². The third kappa shape index (κ3) is 6.55. The van der Waals surface area contributed by atoms with Crippen molar-refractivity contribution in [1.29, 1.82) is 0 Å². The summed E-state index contributed by atoms with van der Waals surface area (Å²) in [5.41, 5.74) is 3.00. The molecule has 2 aromatic carbocycles. The molecule has 0 atom stereocenters. The average Bonchev–Trinajstić information content (AvgIpc) is 2.65. The van der Waals surface area contributed by atoms with Gasteiger partial charge in [0.2, 0.25) is 5.91 Å². The number of amides is 1. The van der Waals surface area contributed by atoms with E-state index < -0.39 is 5.97 Å². The Morgan fingerprint density at radius 1 is 1.07 bits per heavy atom. The zero-order valence-electron chi connectivity index (χ0n) is 15.7. The molecule has 1 amide bonds. The standard InChI is InChI=1S/C22H23NO4/c1-15(2)22(26)23-19-10-8-18(9-11-19)20(24)14-27-21(25)12-7-17-6-4-5-16(3)13-17/h4-13,15H,14H2,1-3H3,(H,23,26)/b12-7+. The van der Waals surface area contributed by atoms with E-state index in [1.807, 2.05) is 31.2 Å². The fraction of sp³-hybridized carbons (Fsp3) is 0.227. The maximum atomic E-state index is 12.1. The molecule has 5 nitrogen and oxygen atoms in total. The van der Waals surface area contributed by atoms with Crippen LogP contribution in [-0.4, -0.2) is 24.3 Å². The summed E-state index contributed by atoms with van der Waals surface area (Å²) in [6.07, 6.45) is 2.94. The van der Waals surface area contributed by atoms with Crippen molar-refractivity contribution in [3.63, 3.8) is 0 Å². The van der Waals surface area contributed by atoms with E-state index in [1.54, 1.807) is 44.2 Å². The smallest absolute Gasteiger partial charge is 0.331 e. The lowest BCUT2D eigenvalue weighted by atomic mass is 10.1. The van der Waals surface area contributed by atoms with Gasteiger partial charge in [-0.2, -0.15) is 0 Å². The van der Waals surface area contributed by atoms with Crippen LogP contribution in [0, 0.1) is 12.8 Å². The third-order valence-corrected chi connectivity index (χ3v) is 3.80. The van der Waals surface area contributed by atoms with Gasteiger partial charge in [0.25, 0.3) is 0 Å². The molecule has 0 radical (unpaired) electrons. The van der Waals surface area contributed by atoms with Gasteiger partial charge in [0.05, 0.1) is 0 Å². The van der Waals surface area contributed by atoms with Crippen LogP contribution in [0.15, 0.2) is 54.6 Å². The Morgan fingerprint density at radius 2 is 1.78 bits per heavy atom. The number of esters is 1. The lowest BCUT2D eigenvalue weighted by Crippen LogP contribution is -2.18. The Kier molecular flexibility index (Phi) is 7.06. The number of Topliss-reactive ketones (excluding diaryl/α,β-unsaturated/α-hetero) is 1. The summed E-state index contributed by atoms with van der Waals surface area (Å²) in [5.74, 6) is -1.11. The second-order valence-electron chi connectivity index (χ2n) is 6.50. The van der Waals surface area contributed by atoms with Gasteiger partial charge in [0.15, 0.2) is 12.4 Å². The van der Waals surface area contributed by atoms with E-state index in [1.165, 1.54) is 6.08 Å². The monoisotopic (exact) mass is 365 g/mol. The van der Waals surface area contributed by atoms with Gasteiger partial charge in [-0.3, -0.25) is 9.59 Å². The molecule has 5 heteroatoms. The van der Waals surface area contributed by atoms with Crippen molar-refractivity contribution in [3.8, 4) is 0 Å². The number of benzene rings is 2. The Labute approximate surface area is 159 Å². The minimum atomic E-state index is -0.578. The van der Waals surface area contributed by atoms with Crippen molar-refractivity contribution in [2.24, 2.45) is 5.92 Å². The number of ether oxygens (including phenoxy) is 1. The number of carbonyl (C=O) groups excluding carboxylic acids is 3. The molecule has 0 aliphatic heterocycles. The highest BCUT2D eigenvalue weighted by atomic mass is 16.5. The number of nitrogens with one attached hydrogen (secondary N) is 1. The van der Waals surface area contributed by atoms with Gasteiger partial charge in [-0.15, -0.1) is 0 Å². The van der Waals surface area contributed by atoms with Crippen LogP contribution in [0.1, 0.15) is 35.3 Å². The zero-order chi connectivity index (χ0) is 19.8. The molecule has 27 heavy (non-hydrogen) atoms. The number of anilines is 1. The minimum Gasteiger partial charge on any atom is -0.454 e. The Bertz CT molecular complexity index is 851. The molecule has 0 bridgehead atoms. The van der Waals surface area contributed by atoms with Gasteiger partial charge >= 0.3 is 5.97 Å². The number of aryl methyl sites for hydroxylation is 1. The lowest BCUT2D eigenvalue weighted by Gasteiger charge is -2.08. The summed E-state index contributed by atoms with van der Waals surface area (Å²) in [5, 5.41) is 2.75. The molecular weight excluding hydrogens is 342 g/mol. The fourth-order valence-corrected chi connectivity index (χ4v) is 2.23. The van der Waals surface area contributed by atoms with Crippen molar-refractivity contribution in [1.82, 2.24) is 0 Å². The average molecular weight is 365 g/mol. The molecule has 140 valence electrons. The second kappa shape index (κ2) is 9.48. The maximum absolute atomic E-state index is 12.1. The van der Waals surface area contributed by atoms with Crippen molar-refractivity contribution in [3.05, 3.63) is 71.3 Å². The molecule has 0 aromatic heterocycles. The van der Waals surface area contributed by atoms with E-state index in [2.05, 4.69) is 5.32 Å². The first-order chi connectivity index (χ1) is 12.8. The summed E-state index contributed by atoms with van der Waals surface area (Å²) < 4.78 is 4.99. The van der Waals surface area contributed by atoms with Crippen LogP contribution < -0.4 is 5.32 Å². The van der Waals surface area contributed by atoms with E-state index in [9.17, 15) is 14.4 Å². The summed E-state index contributed by atoms with van der Waals surface area (Å²) >= 11 is 0. The number of hydrogen-bond donors (Lipinski definition) is 1. The molecule has 0 spiro atoms. The maximum Gasteiger partial charge on any atom is 0.331 e. The van der Waals surface area contributed by atoms with Gasteiger partial charge in [0.1, 0.15) is 0 Å². The largest absolute Gasteiger partial charge is 0.454 e. The first kappa shape index (κ1) is 20.1. The highest BCUT2D eigenvalue weighted by Gasteiger charge is 2.10. The van der Waals surface area contributed by atoms with E-state index >= 15 is 0 Å². The predicted molar refractivity (Wildman–Crippen MR) is 105 cm³/mol. The molecule has 2 rings (SSSR count). The summed E-state index contributed by atoms with van der Waals surface area (Å²) in [7, 11) is 0. The lowest BCUT2D eigenvalue weighted by molar-refractivity contribution is -0.136. The Morgan fingerprint density at radius 3 is 2.41 bits per heavy atom. The van der Waals surface area contributed by atoms with Crippen LogP contribution in [-0.2, 0) is 14.3 Å². The van der Waals surface area contributed by atoms with Crippen LogP contribution in [0.2, 0.25) is 0 Å². The normalized spacial score (nSPS) is 10.8. The number of ketones is 1. The molecule has 2 aromatic rings. The molecule has 0 fully saturated rings. The van der Waals surface area contributed by atoms with Crippen LogP contribution in [0.4, 0.5) is 5.69 Å². The Hall–Kier alpha value is -3.21. The molecule has 0 aliphatic rings. The van der Waals surface area contributed by atoms with E-state index in [0.717, 1.165) is 11.1 Å². The van der Waals surface area contributed by atoms with Gasteiger partial charge in [-0.25, -0.2) is 4.79 Å². The van der Waals surface area contributed by atoms with E-state index in [0.29, 0.717) is 11.3 Å². The van der Waals surface area contributed by atoms with E-state index in [4.69, 9.17) is 4.74 Å².